The number of nitrogens with zero attached hydrogens (tertiary/aromatic N) is 3. The minimum atomic E-state index is -3.73. The highest BCUT2D eigenvalue weighted by Gasteiger charge is 2.37. The number of rotatable bonds is 3. The monoisotopic (exact) mass is 325 g/mol. The van der Waals surface area contributed by atoms with Crippen LogP contribution >= 0.6 is 0 Å². The molecule has 118 valence electrons. The minimum Gasteiger partial charge on any atom is -0.424 e. The molecule has 0 saturated carbocycles. The van der Waals surface area contributed by atoms with E-state index in [4.69, 9.17) is 4.42 Å². The molecule has 22 heavy (non-hydrogen) atoms. The van der Waals surface area contributed by atoms with Crippen molar-refractivity contribution in [2.45, 2.75) is 37.1 Å². The van der Waals surface area contributed by atoms with Gasteiger partial charge >= 0.3 is 0 Å². The third-order valence-electron chi connectivity index (χ3n) is 3.70. The maximum Gasteiger partial charge on any atom is 0.243 e. The maximum absolute atomic E-state index is 13.0. The topological polar surface area (TPSA) is 76.3 Å². The van der Waals surface area contributed by atoms with E-state index in [-0.39, 0.29) is 4.90 Å². The van der Waals surface area contributed by atoms with Gasteiger partial charge in [-0.3, -0.25) is 0 Å². The van der Waals surface area contributed by atoms with Crippen LogP contribution in [0.3, 0.4) is 0 Å². The van der Waals surface area contributed by atoms with Gasteiger partial charge < -0.3 is 4.42 Å². The highest BCUT2D eigenvalue weighted by Crippen LogP contribution is 2.34. The molecule has 1 aromatic carbocycles. The molecule has 6 nitrogen and oxygen atoms in total. The zero-order valence-corrected chi connectivity index (χ0v) is 12.9. The summed E-state index contributed by atoms with van der Waals surface area (Å²) in [5.74, 6) is 0.240. The summed E-state index contributed by atoms with van der Waals surface area (Å²) >= 11 is 0. The van der Waals surface area contributed by atoms with Gasteiger partial charge in [-0.05, 0) is 37.1 Å². The Kier molecular flexibility index (Phi) is 3.96. The lowest BCUT2D eigenvalue weighted by Crippen LogP contribution is -2.38. The Balaban J connectivity index is 1.97. The molecule has 1 aromatic heterocycles. The molecule has 0 aliphatic carbocycles. The highest BCUT2D eigenvalue weighted by atomic mass is 32.2. The molecule has 3 rings (SSSR count). The molecule has 0 bridgehead atoms. The van der Waals surface area contributed by atoms with Crippen molar-refractivity contribution in [1.82, 2.24) is 14.5 Å². The van der Waals surface area contributed by atoms with Gasteiger partial charge in [0.15, 0.2) is 0 Å². The maximum atomic E-state index is 13.0. The number of sulfonamides is 1. The van der Waals surface area contributed by atoms with Crippen molar-refractivity contribution in [3.63, 3.8) is 0 Å². The number of hydrogen-bond acceptors (Lipinski definition) is 5. The first kappa shape index (κ1) is 15.1. The van der Waals surface area contributed by atoms with E-state index in [0.29, 0.717) is 24.7 Å². The fourth-order valence-corrected chi connectivity index (χ4v) is 4.28. The number of piperidine rings is 1. The number of aryl methyl sites for hydroxylation is 1. The average molecular weight is 325 g/mol. The van der Waals surface area contributed by atoms with Crippen molar-refractivity contribution in [2.24, 2.45) is 0 Å². The minimum absolute atomic E-state index is 0.0667. The predicted octanol–water partition coefficient (Wildman–Crippen LogP) is 2.43. The Bertz CT molecular complexity index is 758. The van der Waals surface area contributed by atoms with E-state index in [1.807, 2.05) is 0 Å². The quantitative estimate of drug-likeness (QED) is 0.866. The van der Waals surface area contributed by atoms with Crippen molar-refractivity contribution in [1.29, 1.82) is 0 Å². The fraction of sp³-hybridized carbons (Fsp3) is 0.429. The van der Waals surface area contributed by atoms with Crippen LogP contribution in [0.5, 0.6) is 0 Å². The molecular weight excluding hydrogens is 309 g/mol. The van der Waals surface area contributed by atoms with Gasteiger partial charge in [0.25, 0.3) is 0 Å². The van der Waals surface area contributed by atoms with E-state index in [1.54, 1.807) is 6.92 Å². The van der Waals surface area contributed by atoms with Crippen LogP contribution in [-0.2, 0) is 10.0 Å². The van der Waals surface area contributed by atoms with E-state index >= 15 is 0 Å². The normalized spacial score (nSPS) is 20.2. The van der Waals surface area contributed by atoms with E-state index in [2.05, 4.69) is 10.2 Å². The Morgan fingerprint density at radius 2 is 1.95 bits per heavy atom. The lowest BCUT2D eigenvalue weighted by atomic mass is 10.1. The molecule has 1 saturated heterocycles. The Labute approximate surface area is 128 Å². The lowest BCUT2D eigenvalue weighted by Gasteiger charge is -2.32. The Morgan fingerprint density at radius 3 is 2.59 bits per heavy atom. The molecule has 8 heteroatoms. The molecule has 0 N–H and O–H groups in total. The second-order valence-electron chi connectivity index (χ2n) is 5.24. The van der Waals surface area contributed by atoms with E-state index < -0.39 is 21.9 Å². The van der Waals surface area contributed by atoms with Crippen molar-refractivity contribution in [3.05, 3.63) is 41.9 Å². The number of halogens is 1. The summed E-state index contributed by atoms with van der Waals surface area (Å²) in [6.07, 6.45) is 2.29. The van der Waals surface area contributed by atoms with Crippen LogP contribution in [0.4, 0.5) is 4.39 Å². The zero-order chi connectivity index (χ0) is 15.7. The number of hydrogen-bond donors (Lipinski definition) is 0. The van der Waals surface area contributed by atoms with Gasteiger partial charge in [-0.2, -0.15) is 4.31 Å². The van der Waals surface area contributed by atoms with Crippen LogP contribution in [0.25, 0.3) is 0 Å². The van der Waals surface area contributed by atoms with E-state index in [0.717, 1.165) is 25.0 Å². The molecule has 2 heterocycles. The van der Waals surface area contributed by atoms with E-state index in [9.17, 15) is 12.8 Å². The average Bonchev–Trinajstić information content (AvgIpc) is 2.94. The smallest absolute Gasteiger partial charge is 0.243 e. The molecular formula is C14H16FN3O3S. The highest BCUT2D eigenvalue weighted by molar-refractivity contribution is 7.89. The van der Waals surface area contributed by atoms with Crippen LogP contribution in [0.15, 0.2) is 33.6 Å². The van der Waals surface area contributed by atoms with Gasteiger partial charge in [0.2, 0.25) is 21.8 Å². The summed E-state index contributed by atoms with van der Waals surface area (Å²) < 4.78 is 45.4. The molecule has 1 aliphatic rings. The molecule has 1 fully saturated rings. The Hall–Kier alpha value is -1.80. The summed E-state index contributed by atoms with van der Waals surface area (Å²) in [6.45, 7) is 2.05. The predicted molar refractivity (Wildman–Crippen MR) is 75.9 cm³/mol. The molecule has 2 aromatic rings. The molecule has 0 unspecified atom stereocenters. The summed E-state index contributed by atoms with van der Waals surface area (Å²) in [7, 11) is -3.73. The first-order chi connectivity index (χ1) is 10.5. The summed E-state index contributed by atoms with van der Waals surface area (Å²) in [4.78, 5) is 0.0667. The molecule has 1 atom stereocenters. The second-order valence-corrected chi connectivity index (χ2v) is 7.13. The first-order valence-electron chi connectivity index (χ1n) is 7.06. The Morgan fingerprint density at radius 1 is 1.23 bits per heavy atom. The van der Waals surface area contributed by atoms with Gasteiger partial charge in [0.05, 0.1) is 4.90 Å². The lowest BCUT2D eigenvalue weighted by molar-refractivity contribution is 0.217. The molecule has 1 aliphatic heterocycles. The van der Waals surface area contributed by atoms with Crippen LogP contribution in [0.1, 0.15) is 37.1 Å². The van der Waals surface area contributed by atoms with E-state index in [1.165, 1.54) is 16.4 Å². The van der Waals surface area contributed by atoms with Gasteiger partial charge in [-0.1, -0.05) is 6.42 Å². The second kappa shape index (κ2) is 5.77. The van der Waals surface area contributed by atoms with Gasteiger partial charge in [0, 0.05) is 13.5 Å². The third-order valence-corrected chi connectivity index (χ3v) is 5.62. The van der Waals surface area contributed by atoms with Gasteiger partial charge in [0.1, 0.15) is 11.9 Å². The number of benzene rings is 1. The van der Waals surface area contributed by atoms with Crippen LogP contribution in [0.2, 0.25) is 0 Å². The first-order valence-corrected chi connectivity index (χ1v) is 8.50. The standard InChI is InChI=1S/C14H16FN3O3S/c1-10-16-17-14(21-10)13-4-2-3-9-18(13)22(19,20)12-7-5-11(15)6-8-12/h5-8,13H,2-4,9H2,1H3/t13-/m0/s1. The summed E-state index contributed by atoms with van der Waals surface area (Å²) in [6, 6.07) is 4.36. The van der Waals surface area contributed by atoms with Crippen molar-refractivity contribution >= 4 is 10.0 Å². The van der Waals surface area contributed by atoms with Gasteiger partial charge in [-0.15, -0.1) is 10.2 Å². The van der Waals surface area contributed by atoms with Crippen molar-refractivity contribution < 1.29 is 17.2 Å². The SMILES string of the molecule is Cc1nnc([C@@H]2CCCCN2S(=O)(=O)c2ccc(F)cc2)o1. The van der Waals surface area contributed by atoms with Crippen molar-refractivity contribution in [3.8, 4) is 0 Å². The van der Waals surface area contributed by atoms with Crippen LogP contribution in [-0.4, -0.2) is 29.5 Å². The zero-order valence-electron chi connectivity index (χ0n) is 12.1. The van der Waals surface area contributed by atoms with Gasteiger partial charge in [-0.25, -0.2) is 12.8 Å². The third kappa shape index (κ3) is 2.76. The van der Waals surface area contributed by atoms with Crippen molar-refractivity contribution in [2.75, 3.05) is 6.54 Å². The number of aromatic nitrogens is 2. The fourth-order valence-electron chi connectivity index (χ4n) is 2.63. The molecule has 0 amide bonds. The molecule has 0 radical (unpaired) electrons. The van der Waals surface area contributed by atoms with Crippen LogP contribution < -0.4 is 0 Å². The molecule has 0 spiro atoms. The van der Waals surface area contributed by atoms with Crippen LogP contribution in [0, 0.1) is 12.7 Å². The largest absolute Gasteiger partial charge is 0.424 e. The summed E-state index contributed by atoms with van der Waals surface area (Å²) in [5.41, 5.74) is 0. The summed E-state index contributed by atoms with van der Waals surface area (Å²) in [5, 5.41) is 7.73.